The minimum atomic E-state index is 0.591. The molecule has 0 saturated heterocycles. The number of hydrogen-bond acceptors (Lipinski definition) is 3. The normalized spacial score (nSPS) is 12.6. The predicted molar refractivity (Wildman–Crippen MR) is 79.8 cm³/mol. The fourth-order valence-corrected chi connectivity index (χ4v) is 1.84. The second-order valence-electron chi connectivity index (χ2n) is 4.75. The Hall–Kier alpha value is -1.51. The van der Waals surface area contributed by atoms with Gasteiger partial charge >= 0.3 is 0 Å². The average Bonchev–Trinajstić information content (AvgIpc) is 2.41. The molecule has 1 aromatic rings. The van der Waals surface area contributed by atoms with Gasteiger partial charge in [-0.2, -0.15) is 0 Å². The number of oxime groups is 1. The molecule has 0 aliphatic heterocycles. The van der Waals surface area contributed by atoms with Crippen LogP contribution < -0.4 is 4.74 Å². The van der Waals surface area contributed by atoms with E-state index in [-0.39, 0.29) is 0 Å². The van der Waals surface area contributed by atoms with Gasteiger partial charge in [-0.15, -0.1) is 0 Å². The van der Waals surface area contributed by atoms with Gasteiger partial charge in [0, 0.05) is 0 Å². The summed E-state index contributed by atoms with van der Waals surface area (Å²) in [4.78, 5) is 4.92. The summed E-state index contributed by atoms with van der Waals surface area (Å²) in [5.41, 5.74) is 1.01. The van der Waals surface area contributed by atoms with Crippen molar-refractivity contribution in [2.24, 2.45) is 11.1 Å². The number of hydrogen-bond donors (Lipinski definition) is 0. The molecule has 1 aromatic carbocycles. The molecule has 0 heterocycles. The smallest absolute Gasteiger partial charge is 0.119 e. The summed E-state index contributed by atoms with van der Waals surface area (Å²) in [6, 6.07) is 7.90. The standard InChI is InChI=1S/C16H25NO2/c1-4-6-14(3)11-12-18-16-9-7-15(8-10-16)13-17-19-5-2/h7-10,13-14H,4-6,11-12H2,1-3H3/b17-13+. The van der Waals surface area contributed by atoms with Gasteiger partial charge in [-0.05, 0) is 49.1 Å². The molecule has 0 spiro atoms. The molecule has 0 radical (unpaired) electrons. The topological polar surface area (TPSA) is 30.8 Å². The minimum Gasteiger partial charge on any atom is -0.494 e. The zero-order valence-corrected chi connectivity index (χ0v) is 12.3. The Morgan fingerprint density at radius 1 is 1.16 bits per heavy atom. The third kappa shape index (κ3) is 6.85. The van der Waals surface area contributed by atoms with Crippen molar-refractivity contribution in [2.75, 3.05) is 13.2 Å². The van der Waals surface area contributed by atoms with E-state index in [0.717, 1.165) is 30.3 Å². The largest absolute Gasteiger partial charge is 0.494 e. The van der Waals surface area contributed by atoms with E-state index in [1.807, 2.05) is 31.2 Å². The van der Waals surface area contributed by atoms with Crippen molar-refractivity contribution in [1.29, 1.82) is 0 Å². The molecule has 19 heavy (non-hydrogen) atoms. The van der Waals surface area contributed by atoms with Crippen LogP contribution in [0.25, 0.3) is 0 Å². The van der Waals surface area contributed by atoms with Crippen molar-refractivity contribution in [3.63, 3.8) is 0 Å². The molecule has 3 heteroatoms. The molecule has 0 saturated carbocycles. The van der Waals surface area contributed by atoms with Gasteiger partial charge in [0.25, 0.3) is 0 Å². The summed E-state index contributed by atoms with van der Waals surface area (Å²) in [5.74, 6) is 1.65. The summed E-state index contributed by atoms with van der Waals surface area (Å²) in [6.45, 7) is 7.79. The third-order valence-electron chi connectivity index (χ3n) is 2.95. The fraction of sp³-hybridized carbons (Fsp3) is 0.562. The zero-order valence-electron chi connectivity index (χ0n) is 12.3. The van der Waals surface area contributed by atoms with Crippen LogP contribution in [-0.2, 0) is 4.84 Å². The monoisotopic (exact) mass is 263 g/mol. The number of benzene rings is 1. The lowest BCUT2D eigenvalue weighted by Crippen LogP contribution is -2.03. The van der Waals surface area contributed by atoms with Gasteiger partial charge in [0.1, 0.15) is 12.4 Å². The van der Waals surface area contributed by atoms with Crippen LogP contribution in [0, 0.1) is 5.92 Å². The lowest BCUT2D eigenvalue weighted by atomic mass is 10.0. The van der Waals surface area contributed by atoms with Gasteiger partial charge in [-0.25, -0.2) is 0 Å². The van der Waals surface area contributed by atoms with Gasteiger partial charge in [-0.3, -0.25) is 0 Å². The molecule has 1 unspecified atom stereocenters. The molecule has 0 N–H and O–H groups in total. The molecule has 0 aliphatic rings. The van der Waals surface area contributed by atoms with Crippen LogP contribution in [0.3, 0.4) is 0 Å². The SMILES string of the molecule is CCCC(C)CCOc1ccc(/C=N/OCC)cc1. The Bertz CT molecular complexity index is 360. The van der Waals surface area contributed by atoms with E-state index < -0.39 is 0 Å². The summed E-state index contributed by atoms with van der Waals surface area (Å²) >= 11 is 0. The Morgan fingerprint density at radius 2 is 1.89 bits per heavy atom. The van der Waals surface area contributed by atoms with Crippen LogP contribution in [0.2, 0.25) is 0 Å². The first kappa shape index (κ1) is 15.5. The summed E-state index contributed by atoms with van der Waals surface area (Å²) in [6.07, 6.45) is 5.34. The van der Waals surface area contributed by atoms with E-state index in [0.29, 0.717) is 6.61 Å². The van der Waals surface area contributed by atoms with Crippen molar-refractivity contribution in [1.82, 2.24) is 0 Å². The average molecular weight is 263 g/mol. The Kier molecular flexibility index (Phi) is 7.71. The predicted octanol–water partition coefficient (Wildman–Crippen LogP) is 4.26. The molecule has 0 bridgehead atoms. The van der Waals surface area contributed by atoms with E-state index in [1.54, 1.807) is 6.21 Å². The third-order valence-corrected chi connectivity index (χ3v) is 2.95. The molecular formula is C16H25NO2. The van der Waals surface area contributed by atoms with Crippen LogP contribution in [-0.4, -0.2) is 19.4 Å². The van der Waals surface area contributed by atoms with Crippen molar-refractivity contribution < 1.29 is 9.57 Å². The summed E-state index contributed by atoms with van der Waals surface area (Å²) in [7, 11) is 0. The highest BCUT2D eigenvalue weighted by Crippen LogP contribution is 2.14. The first-order valence-corrected chi connectivity index (χ1v) is 7.14. The highest BCUT2D eigenvalue weighted by atomic mass is 16.6. The molecule has 0 aliphatic carbocycles. The molecule has 0 aromatic heterocycles. The number of rotatable bonds is 9. The van der Waals surface area contributed by atoms with Crippen LogP contribution in [0.1, 0.15) is 45.6 Å². The van der Waals surface area contributed by atoms with Crippen molar-refractivity contribution >= 4 is 6.21 Å². The first-order valence-electron chi connectivity index (χ1n) is 7.14. The van der Waals surface area contributed by atoms with Crippen LogP contribution in [0.15, 0.2) is 29.4 Å². The highest BCUT2D eigenvalue weighted by molar-refractivity contribution is 5.79. The van der Waals surface area contributed by atoms with E-state index in [4.69, 9.17) is 9.57 Å². The van der Waals surface area contributed by atoms with Gasteiger partial charge in [0.05, 0.1) is 12.8 Å². The molecule has 1 atom stereocenters. The van der Waals surface area contributed by atoms with Crippen LogP contribution in [0.5, 0.6) is 5.75 Å². The van der Waals surface area contributed by atoms with E-state index in [1.165, 1.54) is 12.8 Å². The maximum absolute atomic E-state index is 5.73. The van der Waals surface area contributed by atoms with E-state index in [2.05, 4.69) is 19.0 Å². The lowest BCUT2D eigenvalue weighted by molar-refractivity contribution is 0.160. The summed E-state index contributed by atoms with van der Waals surface area (Å²) < 4.78 is 5.73. The van der Waals surface area contributed by atoms with Gasteiger partial charge in [0.2, 0.25) is 0 Å². The van der Waals surface area contributed by atoms with Crippen molar-refractivity contribution in [2.45, 2.75) is 40.0 Å². The fourth-order valence-electron chi connectivity index (χ4n) is 1.84. The molecule has 106 valence electrons. The van der Waals surface area contributed by atoms with Crippen LogP contribution in [0.4, 0.5) is 0 Å². The Morgan fingerprint density at radius 3 is 2.53 bits per heavy atom. The van der Waals surface area contributed by atoms with Crippen LogP contribution >= 0.6 is 0 Å². The second-order valence-corrected chi connectivity index (χ2v) is 4.75. The molecular weight excluding hydrogens is 238 g/mol. The Balaban J connectivity index is 2.32. The first-order chi connectivity index (χ1) is 9.26. The Labute approximate surface area is 116 Å². The second kappa shape index (κ2) is 9.42. The van der Waals surface area contributed by atoms with Crippen molar-refractivity contribution in [3.8, 4) is 5.75 Å². The van der Waals surface area contributed by atoms with Gasteiger partial charge < -0.3 is 9.57 Å². The van der Waals surface area contributed by atoms with E-state index >= 15 is 0 Å². The summed E-state index contributed by atoms with van der Waals surface area (Å²) in [5, 5.41) is 3.83. The molecule has 0 fully saturated rings. The molecule has 1 rings (SSSR count). The maximum Gasteiger partial charge on any atom is 0.119 e. The maximum atomic E-state index is 5.73. The minimum absolute atomic E-state index is 0.591. The van der Waals surface area contributed by atoms with Crippen molar-refractivity contribution in [3.05, 3.63) is 29.8 Å². The zero-order chi connectivity index (χ0) is 13.9. The quantitative estimate of drug-likeness (QED) is 0.492. The number of ether oxygens (including phenoxy) is 1. The lowest BCUT2D eigenvalue weighted by Gasteiger charge is -2.11. The molecule has 0 amide bonds. The van der Waals surface area contributed by atoms with E-state index in [9.17, 15) is 0 Å². The highest BCUT2D eigenvalue weighted by Gasteiger charge is 2.01. The number of nitrogens with zero attached hydrogens (tertiary/aromatic N) is 1. The van der Waals surface area contributed by atoms with Gasteiger partial charge in [0.15, 0.2) is 0 Å². The van der Waals surface area contributed by atoms with Gasteiger partial charge in [-0.1, -0.05) is 31.8 Å². The molecule has 3 nitrogen and oxygen atoms in total.